The number of aliphatic imine (C=N–C) groups is 1. The van der Waals surface area contributed by atoms with Gasteiger partial charge in [-0.15, -0.1) is 24.0 Å². The van der Waals surface area contributed by atoms with Gasteiger partial charge in [-0.1, -0.05) is 24.3 Å². The summed E-state index contributed by atoms with van der Waals surface area (Å²) in [5, 5.41) is 13.3. The molecule has 0 spiro atoms. The van der Waals surface area contributed by atoms with Gasteiger partial charge in [-0.2, -0.15) is 0 Å². The molecule has 5 heteroatoms. The molecule has 1 aliphatic carbocycles. The lowest BCUT2D eigenvalue weighted by Crippen LogP contribution is -2.47. The fourth-order valence-corrected chi connectivity index (χ4v) is 3.33. The highest BCUT2D eigenvalue weighted by atomic mass is 127. The van der Waals surface area contributed by atoms with E-state index in [2.05, 4.69) is 53.3 Å². The van der Waals surface area contributed by atoms with Crippen molar-refractivity contribution in [1.29, 1.82) is 0 Å². The Labute approximate surface area is 156 Å². The van der Waals surface area contributed by atoms with Crippen molar-refractivity contribution in [2.75, 3.05) is 19.6 Å². The summed E-state index contributed by atoms with van der Waals surface area (Å²) in [6, 6.07) is 9.17. The van der Waals surface area contributed by atoms with Gasteiger partial charge < -0.3 is 15.3 Å². The van der Waals surface area contributed by atoms with Crippen LogP contribution in [0.4, 0.5) is 0 Å². The number of piperidine rings is 1. The summed E-state index contributed by atoms with van der Waals surface area (Å²) in [5.74, 6) is 1.63. The fourth-order valence-electron chi connectivity index (χ4n) is 3.33. The van der Waals surface area contributed by atoms with Crippen LogP contribution in [0.3, 0.4) is 0 Å². The molecule has 23 heavy (non-hydrogen) atoms. The van der Waals surface area contributed by atoms with Gasteiger partial charge in [-0.3, -0.25) is 4.99 Å². The molecule has 128 valence electrons. The number of nitrogens with one attached hydrogen (secondary N) is 1. The molecule has 2 N–H and O–H groups in total. The lowest BCUT2D eigenvalue weighted by Gasteiger charge is -2.32. The standard InChI is InChI=1S/C18H27N3O.HI/c1-3-19-18(21-10-8-14(22)9-11-21)20-17-12-16(17)15-7-5-4-6-13(15)2;/h4-7,14,16-17,22H,3,8-12H2,1-2H3,(H,19,20);1H. The largest absolute Gasteiger partial charge is 0.393 e. The second kappa shape index (κ2) is 8.33. The first-order valence-electron chi connectivity index (χ1n) is 8.48. The summed E-state index contributed by atoms with van der Waals surface area (Å²) in [7, 11) is 0. The number of guanidine groups is 1. The third-order valence-corrected chi connectivity index (χ3v) is 4.76. The Morgan fingerprint density at radius 3 is 2.65 bits per heavy atom. The smallest absolute Gasteiger partial charge is 0.194 e. The number of halogens is 1. The number of benzene rings is 1. The number of likely N-dealkylation sites (tertiary alicyclic amines) is 1. The highest BCUT2D eigenvalue weighted by Crippen LogP contribution is 2.42. The van der Waals surface area contributed by atoms with E-state index in [1.165, 1.54) is 17.5 Å². The summed E-state index contributed by atoms with van der Waals surface area (Å²) in [5.41, 5.74) is 2.84. The SMILES string of the molecule is CCN=C(NC1CC1c1ccccc1C)N1CCC(O)CC1.I. The highest BCUT2D eigenvalue weighted by Gasteiger charge is 2.40. The zero-order valence-corrected chi connectivity index (χ0v) is 16.4. The van der Waals surface area contributed by atoms with Gasteiger partial charge in [0.25, 0.3) is 0 Å². The number of aliphatic hydroxyl groups is 1. The van der Waals surface area contributed by atoms with Crippen LogP contribution in [-0.2, 0) is 0 Å². The van der Waals surface area contributed by atoms with E-state index < -0.39 is 0 Å². The van der Waals surface area contributed by atoms with Crippen molar-refractivity contribution in [3.8, 4) is 0 Å². The van der Waals surface area contributed by atoms with Crippen molar-refractivity contribution in [3.05, 3.63) is 35.4 Å². The molecular weight excluding hydrogens is 401 g/mol. The molecule has 4 nitrogen and oxygen atoms in total. The minimum Gasteiger partial charge on any atom is -0.393 e. The molecule has 0 radical (unpaired) electrons. The average molecular weight is 429 g/mol. The molecule has 0 aromatic heterocycles. The Morgan fingerprint density at radius 1 is 1.30 bits per heavy atom. The van der Waals surface area contributed by atoms with E-state index in [0.29, 0.717) is 12.0 Å². The van der Waals surface area contributed by atoms with Gasteiger partial charge in [-0.25, -0.2) is 0 Å². The Bertz CT molecular complexity index is 541. The number of aryl methyl sites for hydroxylation is 1. The number of hydrogen-bond donors (Lipinski definition) is 2. The minimum atomic E-state index is -0.139. The molecule has 2 unspecified atom stereocenters. The topological polar surface area (TPSA) is 47.9 Å². The maximum atomic E-state index is 9.67. The lowest BCUT2D eigenvalue weighted by atomic mass is 10.0. The molecule has 0 bridgehead atoms. The van der Waals surface area contributed by atoms with E-state index in [9.17, 15) is 5.11 Å². The van der Waals surface area contributed by atoms with Crippen molar-refractivity contribution >= 4 is 29.9 Å². The van der Waals surface area contributed by atoms with Crippen LogP contribution in [0.1, 0.15) is 43.2 Å². The maximum absolute atomic E-state index is 9.67. The van der Waals surface area contributed by atoms with Crippen molar-refractivity contribution in [3.63, 3.8) is 0 Å². The molecule has 1 saturated carbocycles. The fraction of sp³-hybridized carbons (Fsp3) is 0.611. The number of rotatable bonds is 3. The quantitative estimate of drug-likeness (QED) is 0.442. The van der Waals surface area contributed by atoms with Gasteiger partial charge in [-0.05, 0) is 44.2 Å². The van der Waals surface area contributed by atoms with Crippen LogP contribution < -0.4 is 5.32 Å². The lowest BCUT2D eigenvalue weighted by molar-refractivity contribution is 0.108. The molecule has 1 heterocycles. The van der Waals surface area contributed by atoms with Crippen LogP contribution in [0.5, 0.6) is 0 Å². The summed E-state index contributed by atoms with van der Waals surface area (Å²) < 4.78 is 0. The monoisotopic (exact) mass is 429 g/mol. The van der Waals surface area contributed by atoms with Gasteiger partial charge in [0.1, 0.15) is 0 Å². The first-order chi connectivity index (χ1) is 10.7. The van der Waals surface area contributed by atoms with Crippen LogP contribution in [0.25, 0.3) is 0 Å². The Kier molecular flexibility index (Phi) is 6.71. The van der Waals surface area contributed by atoms with Gasteiger partial charge in [0.05, 0.1) is 6.10 Å². The first-order valence-corrected chi connectivity index (χ1v) is 8.48. The van der Waals surface area contributed by atoms with Crippen LogP contribution in [0.15, 0.2) is 29.3 Å². The Hall–Kier alpha value is -0.820. The van der Waals surface area contributed by atoms with Crippen LogP contribution in [0, 0.1) is 6.92 Å². The molecule has 1 saturated heterocycles. The molecule has 2 atom stereocenters. The van der Waals surface area contributed by atoms with Crippen molar-refractivity contribution in [2.24, 2.45) is 4.99 Å². The number of hydrogen-bond acceptors (Lipinski definition) is 2. The van der Waals surface area contributed by atoms with E-state index in [1.54, 1.807) is 0 Å². The Balaban J connectivity index is 0.00000192. The predicted octanol–water partition coefficient (Wildman–Crippen LogP) is 2.89. The molecule has 2 fully saturated rings. The van der Waals surface area contributed by atoms with Crippen LogP contribution in [0.2, 0.25) is 0 Å². The molecule has 1 aromatic carbocycles. The maximum Gasteiger partial charge on any atom is 0.194 e. The van der Waals surface area contributed by atoms with Crippen molar-refractivity contribution in [1.82, 2.24) is 10.2 Å². The van der Waals surface area contributed by atoms with Gasteiger partial charge >= 0.3 is 0 Å². The number of aliphatic hydroxyl groups excluding tert-OH is 1. The van der Waals surface area contributed by atoms with Crippen LogP contribution >= 0.6 is 24.0 Å². The zero-order valence-electron chi connectivity index (χ0n) is 14.0. The van der Waals surface area contributed by atoms with E-state index in [-0.39, 0.29) is 30.1 Å². The highest BCUT2D eigenvalue weighted by molar-refractivity contribution is 14.0. The van der Waals surface area contributed by atoms with E-state index in [1.807, 2.05) is 0 Å². The molecule has 1 aliphatic heterocycles. The summed E-state index contributed by atoms with van der Waals surface area (Å²) in [6.45, 7) is 6.86. The molecule has 0 amide bonds. The second-order valence-corrected chi connectivity index (χ2v) is 6.47. The van der Waals surface area contributed by atoms with Crippen LogP contribution in [-0.4, -0.2) is 47.7 Å². The normalized spacial score (nSPS) is 25.0. The average Bonchev–Trinajstić information content (AvgIpc) is 3.27. The van der Waals surface area contributed by atoms with E-state index in [4.69, 9.17) is 0 Å². The second-order valence-electron chi connectivity index (χ2n) is 6.47. The third kappa shape index (κ3) is 4.59. The molecular formula is C18H28IN3O. The minimum absolute atomic E-state index is 0. The van der Waals surface area contributed by atoms with Gasteiger partial charge in [0.15, 0.2) is 5.96 Å². The predicted molar refractivity (Wildman–Crippen MR) is 106 cm³/mol. The van der Waals surface area contributed by atoms with Gasteiger partial charge in [0.2, 0.25) is 0 Å². The van der Waals surface area contributed by atoms with E-state index in [0.717, 1.165) is 38.4 Å². The first kappa shape index (κ1) is 18.5. The summed E-state index contributed by atoms with van der Waals surface area (Å²) in [6.07, 6.45) is 2.73. The number of nitrogens with zero attached hydrogens (tertiary/aromatic N) is 2. The molecule has 2 aliphatic rings. The molecule has 3 rings (SSSR count). The van der Waals surface area contributed by atoms with E-state index >= 15 is 0 Å². The zero-order chi connectivity index (χ0) is 15.5. The van der Waals surface area contributed by atoms with Gasteiger partial charge in [0, 0.05) is 31.6 Å². The third-order valence-electron chi connectivity index (χ3n) is 4.76. The summed E-state index contributed by atoms with van der Waals surface area (Å²) >= 11 is 0. The molecule has 1 aromatic rings. The summed E-state index contributed by atoms with van der Waals surface area (Å²) in [4.78, 5) is 6.95. The van der Waals surface area contributed by atoms with Crippen molar-refractivity contribution < 1.29 is 5.11 Å². The van der Waals surface area contributed by atoms with Crippen molar-refractivity contribution in [2.45, 2.75) is 51.2 Å². The Morgan fingerprint density at radius 2 is 2.00 bits per heavy atom.